The Morgan fingerprint density at radius 1 is 1.30 bits per heavy atom. The molecule has 23 heavy (non-hydrogen) atoms. The summed E-state index contributed by atoms with van der Waals surface area (Å²) in [4.78, 5) is 22.2. The Kier molecular flexibility index (Phi) is 5.46. The average Bonchev–Trinajstić information content (AvgIpc) is 2.51. The molecule has 2 aromatic rings. The molecule has 7 heteroatoms. The van der Waals surface area contributed by atoms with Gasteiger partial charge >= 0.3 is 0 Å². The highest BCUT2D eigenvalue weighted by molar-refractivity contribution is 5.77. The molecule has 0 saturated heterocycles. The zero-order valence-electron chi connectivity index (χ0n) is 13.3. The molecule has 0 aliphatic rings. The molecule has 1 aromatic heterocycles. The van der Waals surface area contributed by atoms with E-state index in [0.29, 0.717) is 11.6 Å². The molecule has 1 aromatic carbocycles. The highest BCUT2D eigenvalue weighted by Crippen LogP contribution is 2.14. The van der Waals surface area contributed by atoms with E-state index in [0.717, 1.165) is 5.69 Å². The zero-order valence-corrected chi connectivity index (χ0v) is 13.3. The van der Waals surface area contributed by atoms with Crippen LogP contribution in [0.2, 0.25) is 0 Å². The van der Waals surface area contributed by atoms with E-state index < -0.39 is 5.82 Å². The number of aromatic nitrogens is 2. The van der Waals surface area contributed by atoms with Gasteiger partial charge in [-0.25, -0.2) is 14.4 Å². The molecule has 0 aliphatic carbocycles. The molecule has 0 radical (unpaired) electrons. The van der Waals surface area contributed by atoms with Crippen LogP contribution >= 0.6 is 0 Å². The highest BCUT2D eigenvalue weighted by atomic mass is 19.1. The van der Waals surface area contributed by atoms with E-state index in [4.69, 9.17) is 4.74 Å². The first-order valence-electron chi connectivity index (χ1n) is 7.11. The molecule has 122 valence electrons. The normalized spacial score (nSPS) is 10.3. The Morgan fingerprint density at radius 2 is 2.04 bits per heavy atom. The number of nitrogens with one attached hydrogen (secondary N) is 1. The van der Waals surface area contributed by atoms with Gasteiger partial charge in [0.15, 0.2) is 18.2 Å². The topological polar surface area (TPSA) is 67.3 Å². The fourth-order valence-corrected chi connectivity index (χ4v) is 1.85. The van der Waals surface area contributed by atoms with Crippen LogP contribution in [0.5, 0.6) is 5.75 Å². The standard InChI is InChI=1S/C16H19FN4O2/c1-11-8-12(20-16(19-11)21(2)3)9-18-15(22)10-23-14-7-5-4-6-13(14)17/h4-8H,9-10H2,1-3H3,(H,18,22). The first-order valence-corrected chi connectivity index (χ1v) is 7.11. The van der Waals surface area contributed by atoms with E-state index in [2.05, 4.69) is 15.3 Å². The first-order chi connectivity index (χ1) is 11.0. The van der Waals surface area contributed by atoms with Gasteiger partial charge in [-0.3, -0.25) is 4.79 Å². The maximum absolute atomic E-state index is 13.4. The van der Waals surface area contributed by atoms with E-state index in [1.807, 2.05) is 21.0 Å². The van der Waals surface area contributed by atoms with Gasteiger partial charge in [0, 0.05) is 19.8 Å². The number of anilines is 1. The number of amides is 1. The van der Waals surface area contributed by atoms with E-state index >= 15 is 0 Å². The van der Waals surface area contributed by atoms with Crippen LogP contribution in [0, 0.1) is 12.7 Å². The summed E-state index contributed by atoms with van der Waals surface area (Å²) in [5, 5.41) is 2.69. The summed E-state index contributed by atoms with van der Waals surface area (Å²) in [5.74, 6) is -0.217. The minimum Gasteiger partial charge on any atom is -0.481 e. The van der Waals surface area contributed by atoms with Gasteiger partial charge in [-0.2, -0.15) is 0 Å². The number of ether oxygens (including phenoxy) is 1. The molecule has 1 heterocycles. The lowest BCUT2D eigenvalue weighted by Gasteiger charge is -2.13. The molecule has 6 nitrogen and oxygen atoms in total. The lowest BCUT2D eigenvalue weighted by Crippen LogP contribution is -2.29. The monoisotopic (exact) mass is 318 g/mol. The highest BCUT2D eigenvalue weighted by Gasteiger charge is 2.08. The second-order valence-electron chi connectivity index (χ2n) is 5.19. The molecule has 0 saturated carbocycles. The molecule has 0 atom stereocenters. The van der Waals surface area contributed by atoms with Crippen molar-refractivity contribution in [3.8, 4) is 5.75 Å². The number of nitrogens with zero attached hydrogens (tertiary/aromatic N) is 3. The summed E-state index contributed by atoms with van der Waals surface area (Å²) in [5.41, 5.74) is 1.51. The summed E-state index contributed by atoms with van der Waals surface area (Å²) in [6.45, 7) is 1.86. The second-order valence-corrected chi connectivity index (χ2v) is 5.19. The van der Waals surface area contributed by atoms with E-state index in [9.17, 15) is 9.18 Å². The van der Waals surface area contributed by atoms with Crippen molar-refractivity contribution in [2.24, 2.45) is 0 Å². The zero-order chi connectivity index (χ0) is 16.8. The van der Waals surface area contributed by atoms with Gasteiger partial charge in [0.05, 0.1) is 12.2 Å². The van der Waals surface area contributed by atoms with Crippen LogP contribution in [0.25, 0.3) is 0 Å². The molecule has 0 spiro atoms. The minimum absolute atomic E-state index is 0.0513. The number of hydrogen-bond donors (Lipinski definition) is 1. The predicted octanol–water partition coefficient (Wildman–Crippen LogP) is 1.69. The second kappa shape index (κ2) is 7.53. The molecule has 0 aliphatic heterocycles. The number of carbonyl (C=O) groups excluding carboxylic acids is 1. The fourth-order valence-electron chi connectivity index (χ4n) is 1.85. The van der Waals surface area contributed by atoms with Crippen molar-refractivity contribution in [2.45, 2.75) is 13.5 Å². The molecule has 1 amide bonds. The number of rotatable bonds is 6. The quantitative estimate of drug-likeness (QED) is 0.878. The molecule has 2 rings (SSSR count). The van der Waals surface area contributed by atoms with Gasteiger partial charge in [-0.1, -0.05) is 12.1 Å². The van der Waals surface area contributed by atoms with Crippen LogP contribution in [0.15, 0.2) is 30.3 Å². The van der Waals surface area contributed by atoms with Crippen molar-refractivity contribution in [1.29, 1.82) is 0 Å². The third-order valence-corrected chi connectivity index (χ3v) is 2.96. The van der Waals surface area contributed by atoms with Crippen LogP contribution in [0.1, 0.15) is 11.4 Å². The lowest BCUT2D eigenvalue weighted by molar-refractivity contribution is -0.123. The number of para-hydroxylation sites is 1. The number of hydrogen-bond acceptors (Lipinski definition) is 5. The Balaban J connectivity index is 1.88. The summed E-state index contributed by atoms with van der Waals surface area (Å²) in [6.07, 6.45) is 0. The molecule has 1 N–H and O–H groups in total. The van der Waals surface area contributed by atoms with Crippen molar-refractivity contribution in [1.82, 2.24) is 15.3 Å². The number of carbonyl (C=O) groups is 1. The smallest absolute Gasteiger partial charge is 0.258 e. The predicted molar refractivity (Wildman–Crippen MR) is 84.8 cm³/mol. The summed E-state index contributed by atoms with van der Waals surface area (Å²) in [7, 11) is 3.69. The van der Waals surface area contributed by atoms with E-state index in [1.165, 1.54) is 12.1 Å². The SMILES string of the molecule is Cc1cc(CNC(=O)COc2ccccc2F)nc(N(C)C)n1. The Morgan fingerprint density at radius 3 is 2.74 bits per heavy atom. The molecule has 0 fully saturated rings. The Bertz CT molecular complexity index is 692. The maximum atomic E-state index is 13.4. The summed E-state index contributed by atoms with van der Waals surface area (Å²) < 4.78 is 18.5. The van der Waals surface area contributed by atoms with Crippen molar-refractivity contribution >= 4 is 11.9 Å². The van der Waals surface area contributed by atoms with E-state index in [1.54, 1.807) is 23.1 Å². The van der Waals surface area contributed by atoms with Gasteiger partial charge < -0.3 is 15.0 Å². The van der Waals surface area contributed by atoms with Crippen LogP contribution in [-0.2, 0) is 11.3 Å². The van der Waals surface area contributed by atoms with Crippen LogP contribution in [0.4, 0.5) is 10.3 Å². The lowest BCUT2D eigenvalue weighted by atomic mass is 10.3. The number of halogens is 1. The van der Waals surface area contributed by atoms with Crippen molar-refractivity contribution in [2.75, 3.05) is 25.6 Å². The number of benzene rings is 1. The first kappa shape index (κ1) is 16.7. The molecule has 0 unspecified atom stereocenters. The van der Waals surface area contributed by atoms with Gasteiger partial charge in [0.25, 0.3) is 5.91 Å². The number of aryl methyl sites for hydroxylation is 1. The average molecular weight is 318 g/mol. The van der Waals surface area contributed by atoms with Gasteiger partial charge in [-0.15, -0.1) is 0 Å². The molecular formula is C16H19FN4O2. The molecular weight excluding hydrogens is 299 g/mol. The largest absolute Gasteiger partial charge is 0.481 e. The summed E-state index contributed by atoms with van der Waals surface area (Å²) >= 11 is 0. The van der Waals surface area contributed by atoms with Crippen LogP contribution in [-0.4, -0.2) is 36.6 Å². The maximum Gasteiger partial charge on any atom is 0.258 e. The third kappa shape index (κ3) is 4.91. The fraction of sp³-hybridized carbons (Fsp3) is 0.312. The van der Waals surface area contributed by atoms with Crippen molar-refractivity contribution in [3.63, 3.8) is 0 Å². The van der Waals surface area contributed by atoms with Gasteiger partial charge in [-0.05, 0) is 25.1 Å². The van der Waals surface area contributed by atoms with Crippen molar-refractivity contribution in [3.05, 3.63) is 47.5 Å². The Hall–Kier alpha value is -2.70. The van der Waals surface area contributed by atoms with Crippen LogP contribution < -0.4 is 15.0 Å². The van der Waals surface area contributed by atoms with Crippen LogP contribution in [0.3, 0.4) is 0 Å². The van der Waals surface area contributed by atoms with Gasteiger partial charge in [0.2, 0.25) is 5.95 Å². The van der Waals surface area contributed by atoms with Crippen molar-refractivity contribution < 1.29 is 13.9 Å². The van der Waals surface area contributed by atoms with E-state index in [-0.39, 0.29) is 24.8 Å². The third-order valence-electron chi connectivity index (χ3n) is 2.96. The Labute approximate surface area is 134 Å². The van der Waals surface area contributed by atoms with Gasteiger partial charge in [0.1, 0.15) is 0 Å². The summed E-state index contributed by atoms with van der Waals surface area (Å²) in [6, 6.07) is 7.75. The minimum atomic E-state index is -0.498. The molecule has 0 bridgehead atoms.